The highest BCUT2D eigenvalue weighted by molar-refractivity contribution is 7.47. The molecule has 0 fully saturated rings. The third-order valence-electron chi connectivity index (χ3n) is 14.2. The number of carbonyl (C=O) groups is 4. The largest absolute Gasteiger partial charge is 0.472 e. The Morgan fingerprint density at radius 2 is 0.568 bits per heavy atom. The molecule has 0 heterocycles. The molecule has 17 nitrogen and oxygen atoms in total. The van der Waals surface area contributed by atoms with Crippen molar-refractivity contribution in [1.29, 1.82) is 0 Å². The van der Waals surface area contributed by atoms with E-state index in [2.05, 4.69) is 41.5 Å². The molecular weight excluding hydrogens is 1080 g/mol. The van der Waals surface area contributed by atoms with Gasteiger partial charge in [-0.2, -0.15) is 0 Å². The molecule has 0 aromatic carbocycles. The highest BCUT2D eigenvalue weighted by atomic mass is 31.2. The van der Waals surface area contributed by atoms with Crippen LogP contribution in [0.5, 0.6) is 0 Å². The average molecular weight is 1200 g/mol. The number of phosphoric ester groups is 2. The van der Waals surface area contributed by atoms with Crippen molar-refractivity contribution in [3.63, 3.8) is 0 Å². The molecule has 2 unspecified atom stereocenters. The van der Waals surface area contributed by atoms with Crippen molar-refractivity contribution >= 4 is 39.5 Å². The number of aliphatic hydroxyl groups excluding tert-OH is 1. The van der Waals surface area contributed by atoms with Gasteiger partial charge in [-0.05, 0) is 37.5 Å². The second kappa shape index (κ2) is 54.7. The van der Waals surface area contributed by atoms with Crippen LogP contribution in [0.2, 0.25) is 0 Å². The number of hydrogen-bond acceptors (Lipinski definition) is 15. The van der Waals surface area contributed by atoms with Crippen molar-refractivity contribution in [2.75, 3.05) is 39.6 Å². The molecule has 0 aromatic rings. The Hall–Kier alpha value is -1.94. The van der Waals surface area contributed by atoms with Gasteiger partial charge >= 0.3 is 39.5 Å². The highest BCUT2D eigenvalue weighted by Gasteiger charge is 2.30. The topological polar surface area (TPSA) is 237 Å². The van der Waals surface area contributed by atoms with Crippen molar-refractivity contribution < 1.29 is 80.2 Å². The number of carbonyl (C=O) groups excluding carboxylic acids is 4. The van der Waals surface area contributed by atoms with E-state index >= 15 is 0 Å². The molecule has 480 valence electrons. The van der Waals surface area contributed by atoms with Crippen LogP contribution in [0.25, 0.3) is 0 Å². The lowest BCUT2D eigenvalue weighted by Crippen LogP contribution is -2.30. The Bertz CT molecular complexity index is 1600. The van der Waals surface area contributed by atoms with Gasteiger partial charge < -0.3 is 33.8 Å². The number of ether oxygens (including phenoxy) is 4. The van der Waals surface area contributed by atoms with E-state index in [-0.39, 0.29) is 25.7 Å². The number of hydrogen-bond donors (Lipinski definition) is 3. The van der Waals surface area contributed by atoms with E-state index in [4.69, 9.17) is 37.0 Å². The van der Waals surface area contributed by atoms with E-state index in [9.17, 15) is 43.2 Å². The van der Waals surface area contributed by atoms with Gasteiger partial charge in [0.2, 0.25) is 0 Å². The normalized spacial score (nSPS) is 14.4. The smallest absolute Gasteiger partial charge is 0.462 e. The molecule has 0 aliphatic carbocycles. The molecule has 19 heteroatoms. The van der Waals surface area contributed by atoms with Crippen molar-refractivity contribution in [3.8, 4) is 0 Å². The fraction of sp³-hybridized carbons (Fsp3) is 0.935. The van der Waals surface area contributed by atoms with Crippen LogP contribution in [0.15, 0.2) is 0 Å². The number of aliphatic hydroxyl groups is 1. The minimum atomic E-state index is -4.94. The van der Waals surface area contributed by atoms with Gasteiger partial charge in [0.15, 0.2) is 12.2 Å². The maximum atomic E-state index is 13.0. The molecule has 0 saturated heterocycles. The summed E-state index contributed by atoms with van der Waals surface area (Å²) >= 11 is 0. The zero-order valence-corrected chi connectivity index (χ0v) is 53.9. The van der Waals surface area contributed by atoms with Crippen molar-refractivity contribution in [2.24, 2.45) is 11.8 Å². The van der Waals surface area contributed by atoms with E-state index in [1.165, 1.54) is 103 Å². The number of rotatable bonds is 61. The molecule has 0 spiro atoms. The summed E-state index contributed by atoms with van der Waals surface area (Å²) < 4.78 is 67.6. The Balaban J connectivity index is 5.14. The lowest BCUT2D eigenvalue weighted by molar-refractivity contribution is -0.161. The third kappa shape index (κ3) is 56.9. The first kappa shape index (κ1) is 79.1. The Morgan fingerprint density at radius 3 is 0.840 bits per heavy atom. The number of phosphoric acid groups is 2. The molecule has 3 N–H and O–H groups in total. The summed E-state index contributed by atoms with van der Waals surface area (Å²) in [4.78, 5) is 71.7. The first-order chi connectivity index (χ1) is 38.9. The van der Waals surface area contributed by atoms with Crippen molar-refractivity contribution in [3.05, 3.63) is 0 Å². The predicted octanol–water partition coefficient (Wildman–Crippen LogP) is 16.9. The van der Waals surface area contributed by atoms with Gasteiger partial charge in [-0.25, -0.2) is 9.13 Å². The first-order valence-corrected chi connectivity index (χ1v) is 35.5. The summed E-state index contributed by atoms with van der Waals surface area (Å²) in [7, 11) is -9.87. The molecule has 5 atom stereocenters. The fourth-order valence-electron chi connectivity index (χ4n) is 9.18. The van der Waals surface area contributed by atoms with Crippen LogP contribution in [-0.4, -0.2) is 96.7 Å². The Labute approximate surface area is 492 Å². The maximum Gasteiger partial charge on any atom is 0.472 e. The summed E-state index contributed by atoms with van der Waals surface area (Å²) in [5.41, 5.74) is 0. The molecule has 0 radical (unpaired) electrons. The lowest BCUT2D eigenvalue weighted by Gasteiger charge is -2.21. The minimum absolute atomic E-state index is 0.103. The van der Waals surface area contributed by atoms with E-state index < -0.39 is 97.5 Å². The lowest BCUT2D eigenvalue weighted by atomic mass is 10.0. The predicted molar refractivity (Wildman–Crippen MR) is 321 cm³/mol. The maximum absolute atomic E-state index is 13.0. The van der Waals surface area contributed by atoms with Crippen LogP contribution in [0.1, 0.15) is 305 Å². The minimum Gasteiger partial charge on any atom is -0.462 e. The van der Waals surface area contributed by atoms with E-state index in [0.717, 1.165) is 121 Å². The van der Waals surface area contributed by atoms with Crippen LogP contribution < -0.4 is 0 Å². The number of esters is 4. The van der Waals surface area contributed by atoms with Gasteiger partial charge in [0.25, 0.3) is 0 Å². The molecule has 0 bridgehead atoms. The average Bonchev–Trinajstić information content (AvgIpc) is 3.42. The summed E-state index contributed by atoms with van der Waals surface area (Å²) in [5.74, 6) is -0.613. The van der Waals surface area contributed by atoms with Crippen LogP contribution in [-0.2, 0) is 65.4 Å². The summed E-state index contributed by atoms with van der Waals surface area (Å²) in [5, 5.41) is 10.5. The van der Waals surface area contributed by atoms with Crippen LogP contribution in [0.4, 0.5) is 0 Å². The Morgan fingerprint density at radius 1 is 0.333 bits per heavy atom. The standard InChI is InChI=1S/C62H120O17P2/c1-7-9-11-13-25-34-40-46-61(66)78-57(50-72-59(64)44-38-30-12-10-8-2)52-76-80(68,69)74-48-56(63)49-75-81(70,71)77-53-58(51-73-60(65)45-39-33-28-24-20-22-27-32-37-43-55(5)6)79-62(67)47-41-35-29-23-19-17-15-14-16-18-21-26-31-36-42-54(3)4/h54-58,63H,7-53H2,1-6H3,(H,68,69)(H,70,71)/t56-,57+,58+/m0/s1. The van der Waals surface area contributed by atoms with Crippen LogP contribution >= 0.6 is 15.6 Å². The van der Waals surface area contributed by atoms with Gasteiger partial charge in [-0.3, -0.25) is 37.3 Å². The molecule has 0 aliphatic rings. The van der Waals surface area contributed by atoms with Gasteiger partial charge in [0, 0.05) is 25.7 Å². The first-order valence-electron chi connectivity index (χ1n) is 32.5. The zero-order valence-electron chi connectivity index (χ0n) is 52.1. The van der Waals surface area contributed by atoms with Gasteiger partial charge in [0.1, 0.15) is 19.3 Å². The van der Waals surface area contributed by atoms with E-state index in [1.807, 2.05) is 0 Å². The third-order valence-corrected chi connectivity index (χ3v) is 16.1. The van der Waals surface area contributed by atoms with Gasteiger partial charge in [0.05, 0.1) is 26.4 Å². The summed E-state index contributed by atoms with van der Waals surface area (Å²) in [6, 6.07) is 0. The van der Waals surface area contributed by atoms with Crippen molar-refractivity contribution in [1.82, 2.24) is 0 Å². The molecule has 0 rings (SSSR count). The zero-order chi connectivity index (χ0) is 60.1. The summed E-state index contributed by atoms with van der Waals surface area (Å²) in [6.07, 6.45) is 36.7. The molecule has 0 aromatic heterocycles. The SMILES string of the molecule is CCCCCCCCCC(=O)O[C@H](COC(=O)CCCCCCC)COP(=O)(O)OC[C@H](O)COP(=O)(O)OC[C@@H](COC(=O)CCCCCCCCCCCC(C)C)OC(=O)CCCCCCCCCCCCCCCCC(C)C. The van der Waals surface area contributed by atoms with Crippen LogP contribution in [0, 0.1) is 11.8 Å². The van der Waals surface area contributed by atoms with Crippen molar-refractivity contribution in [2.45, 2.75) is 323 Å². The molecular formula is C62H120O17P2. The van der Waals surface area contributed by atoms with E-state index in [1.54, 1.807) is 0 Å². The van der Waals surface area contributed by atoms with Gasteiger partial charge in [-0.1, -0.05) is 253 Å². The molecule has 0 aliphatic heterocycles. The molecule has 0 amide bonds. The second-order valence-electron chi connectivity index (χ2n) is 23.4. The highest BCUT2D eigenvalue weighted by Crippen LogP contribution is 2.45. The van der Waals surface area contributed by atoms with Gasteiger partial charge in [-0.15, -0.1) is 0 Å². The Kier molecular flexibility index (Phi) is 53.4. The van der Waals surface area contributed by atoms with Crippen LogP contribution in [0.3, 0.4) is 0 Å². The number of unbranched alkanes of at least 4 members (excludes halogenated alkanes) is 31. The fourth-order valence-corrected chi connectivity index (χ4v) is 10.8. The summed E-state index contributed by atoms with van der Waals surface area (Å²) in [6.45, 7) is 9.35. The van der Waals surface area contributed by atoms with E-state index in [0.29, 0.717) is 25.7 Å². The molecule has 0 saturated carbocycles. The monoisotopic (exact) mass is 1200 g/mol. The quantitative estimate of drug-likeness (QED) is 0.0222. The second-order valence-corrected chi connectivity index (χ2v) is 26.3. The molecule has 81 heavy (non-hydrogen) atoms.